The van der Waals surface area contributed by atoms with E-state index >= 15 is 0 Å². The van der Waals surface area contributed by atoms with Crippen molar-refractivity contribution in [1.82, 2.24) is 24.6 Å². The monoisotopic (exact) mass is 515 g/mol. The summed E-state index contributed by atoms with van der Waals surface area (Å²) < 4.78 is 7.85. The van der Waals surface area contributed by atoms with Gasteiger partial charge in [-0.25, -0.2) is 14.6 Å². The molecule has 2 aromatic heterocycles. The molecule has 0 saturated carbocycles. The fourth-order valence-corrected chi connectivity index (χ4v) is 5.20. The zero-order chi connectivity index (χ0) is 25.6. The number of para-hydroxylation sites is 1. The molecule has 0 unspecified atom stereocenters. The average Bonchev–Trinajstić information content (AvgIpc) is 3.33. The topological polar surface area (TPSA) is 123 Å². The second kappa shape index (κ2) is 11.4. The van der Waals surface area contributed by atoms with Crippen molar-refractivity contribution >= 4 is 40.7 Å². The van der Waals surface area contributed by atoms with Crippen LogP contribution in [-0.4, -0.2) is 61.4 Å². The maximum atomic E-state index is 12.8. The predicted octanol–water partition coefficient (Wildman–Crippen LogP) is 4.80. The minimum absolute atomic E-state index is 0.00170. The summed E-state index contributed by atoms with van der Waals surface area (Å²) in [6, 6.07) is 17.4. The summed E-state index contributed by atoms with van der Waals surface area (Å²) >= 11 is 1.60. The van der Waals surface area contributed by atoms with Gasteiger partial charge in [0, 0.05) is 42.8 Å². The minimum Gasteiger partial charge on any atom is -0.457 e. The molecule has 1 amide bonds. The molecule has 0 radical (unpaired) electrons. The SMILES string of the molecule is N=CCSCCC(=O)N1CCC[C@@H](n2nc(-c3ccc(Oc4ccccc4)cc3)c3c(N)ncnc32)C1. The van der Waals surface area contributed by atoms with Gasteiger partial charge in [-0.3, -0.25) is 4.79 Å². The molecular weight excluding hydrogens is 486 g/mol. The Kier molecular flexibility index (Phi) is 7.65. The van der Waals surface area contributed by atoms with Gasteiger partial charge in [0.05, 0.1) is 11.4 Å². The molecule has 1 aliphatic heterocycles. The molecule has 4 aromatic rings. The van der Waals surface area contributed by atoms with Crippen LogP contribution in [0.5, 0.6) is 11.5 Å². The first kappa shape index (κ1) is 24.8. The summed E-state index contributed by atoms with van der Waals surface area (Å²) in [5.41, 5.74) is 8.59. The first-order chi connectivity index (χ1) is 18.1. The molecule has 10 heteroatoms. The molecule has 0 spiro atoms. The number of fused-ring (bicyclic) bond motifs is 1. The molecule has 0 bridgehead atoms. The Bertz CT molecular complexity index is 1380. The lowest BCUT2D eigenvalue weighted by Crippen LogP contribution is -2.41. The summed E-state index contributed by atoms with van der Waals surface area (Å²) in [7, 11) is 0. The summed E-state index contributed by atoms with van der Waals surface area (Å²) in [6.45, 7) is 1.33. The summed E-state index contributed by atoms with van der Waals surface area (Å²) in [4.78, 5) is 23.5. The largest absolute Gasteiger partial charge is 0.457 e. The standard InChI is InChI=1S/C27H29N7O2S/c28-13-16-37-15-12-23(35)33-14-4-5-20(17-33)34-27-24(26(29)30-18-31-27)25(32-34)19-8-10-22(11-9-19)36-21-6-2-1-3-7-21/h1-3,6-11,13,18,20,28H,4-5,12,14-17H2,(H2,29,30,31)/t20-/m1/s1. The lowest BCUT2D eigenvalue weighted by atomic mass is 10.1. The van der Waals surface area contributed by atoms with E-state index in [0.29, 0.717) is 41.3 Å². The highest BCUT2D eigenvalue weighted by Gasteiger charge is 2.28. The van der Waals surface area contributed by atoms with Crippen LogP contribution in [-0.2, 0) is 4.79 Å². The molecule has 5 rings (SSSR count). The van der Waals surface area contributed by atoms with Gasteiger partial charge in [-0.2, -0.15) is 16.9 Å². The van der Waals surface area contributed by atoms with E-state index in [1.165, 1.54) is 12.5 Å². The van der Waals surface area contributed by atoms with E-state index in [2.05, 4.69) is 9.97 Å². The van der Waals surface area contributed by atoms with Crippen molar-refractivity contribution in [3.05, 3.63) is 60.9 Å². The number of nitrogens with zero attached hydrogens (tertiary/aromatic N) is 5. The highest BCUT2D eigenvalue weighted by molar-refractivity contribution is 7.99. The van der Waals surface area contributed by atoms with Crippen LogP contribution in [0.15, 0.2) is 60.9 Å². The predicted molar refractivity (Wildman–Crippen MR) is 147 cm³/mol. The number of carbonyl (C=O) groups excluding carboxylic acids is 1. The first-order valence-corrected chi connectivity index (χ1v) is 13.5. The zero-order valence-electron chi connectivity index (χ0n) is 20.4. The molecule has 3 heterocycles. The summed E-state index contributed by atoms with van der Waals surface area (Å²) in [5.74, 6) is 3.37. The van der Waals surface area contributed by atoms with E-state index in [1.807, 2.05) is 64.2 Å². The third kappa shape index (κ3) is 5.59. The van der Waals surface area contributed by atoms with Crippen molar-refractivity contribution in [3.63, 3.8) is 0 Å². The van der Waals surface area contributed by atoms with Crippen molar-refractivity contribution < 1.29 is 9.53 Å². The number of rotatable bonds is 9. The van der Waals surface area contributed by atoms with Crippen molar-refractivity contribution in [2.45, 2.75) is 25.3 Å². The highest BCUT2D eigenvalue weighted by atomic mass is 32.2. The fraction of sp³-hybridized carbons (Fsp3) is 0.296. The number of nitrogens with one attached hydrogen (secondary N) is 1. The van der Waals surface area contributed by atoms with E-state index < -0.39 is 0 Å². The molecule has 1 atom stereocenters. The Hall–Kier alpha value is -3.92. The second-order valence-electron chi connectivity index (χ2n) is 8.86. The third-order valence-corrected chi connectivity index (χ3v) is 7.28. The Morgan fingerprint density at radius 3 is 2.70 bits per heavy atom. The number of benzene rings is 2. The van der Waals surface area contributed by atoms with Crippen LogP contribution < -0.4 is 10.5 Å². The number of thioether (sulfide) groups is 1. The Labute approximate surface area is 219 Å². The maximum absolute atomic E-state index is 12.8. The van der Waals surface area contributed by atoms with Crippen LogP contribution in [0.4, 0.5) is 5.82 Å². The summed E-state index contributed by atoms with van der Waals surface area (Å²) in [5, 5.41) is 12.8. The number of hydrogen-bond donors (Lipinski definition) is 2. The lowest BCUT2D eigenvalue weighted by Gasteiger charge is -2.33. The number of nitrogen functional groups attached to an aromatic ring is 1. The molecule has 9 nitrogen and oxygen atoms in total. The smallest absolute Gasteiger partial charge is 0.223 e. The number of piperidine rings is 1. The normalized spacial score (nSPS) is 15.6. The van der Waals surface area contributed by atoms with Gasteiger partial charge in [0.1, 0.15) is 29.3 Å². The van der Waals surface area contributed by atoms with E-state index in [4.69, 9.17) is 21.0 Å². The molecular formula is C27H29N7O2S. The number of carbonyl (C=O) groups is 1. The van der Waals surface area contributed by atoms with Crippen LogP contribution in [0.25, 0.3) is 22.3 Å². The number of hydrogen-bond acceptors (Lipinski definition) is 8. The maximum Gasteiger partial charge on any atom is 0.223 e. The van der Waals surface area contributed by atoms with Gasteiger partial charge in [0.25, 0.3) is 0 Å². The number of likely N-dealkylation sites (tertiary alicyclic amines) is 1. The van der Waals surface area contributed by atoms with E-state index in [9.17, 15) is 4.79 Å². The number of nitrogens with two attached hydrogens (primary N) is 1. The van der Waals surface area contributed by atoms with Gasteiger partial charge < -0.3 is 20.8 Å². The zero-order valence-corrected chi connectivity index (χ0v) is 21.2. The number of ether oxygens (including phenoxy) is 1. The third-order valence-electron chi connectivity index (χ3n) is 6.38. The van der Waals surface area contributed by atoms with Crippen molar-refractivity contribution in [2.24, 2.45) is 0 Å². The van der Waals surface area contributed by atoms with Crippen LogP contribution in [0, 0.1) is 5.41 Å². The lowest BCUT2D eigenvalue weighted by molar-refractivity contribution is -0.132. The van der Waals surface area contributed by atoms with E-state index in [0.717, 1.165) is 42.2 Å². The molecule has 37 heavy (non-hydrogen) atoms. The molecule has 190 valence electrons. The molecule has 0 aliphatic carbocycles. The quantitative estimate of drug-likeness (QED) is 0.242. The number of anilines is 1. The van der Waals surface area contributed by atoms with Gasteiger partial charge >= 0.3 is 0 Å². The average molecular weight is 516 g/mol. The van der Waals surface area contributed by atoms with Crippen LogP contribution in [0.2, 0.25) is 0 Å². The van der Waals surface area contributed by atoms with Crippen LogP contribution in [0.1, 0.15) is 25.3 Å². The number of amides is 1. The van der Waals surface area contributed by atoms with E-state index in [-0.39, 0.29) is 11.9 Å². The van der Waals surface area contributed by atoms with Crippen LogP contribution >= 0.6 is 11.8 Å². The highest BCUT2D eigenvalue weighted by Crippen LogP contribution is 2.35. The molecule has 3 N–H and O–H groups in total. The van der Waals surface area contributed by atoms with Gasteiger partial charge in [-0.05, 0) is 49.2 Å². The van der Waals surface area contributed by atoms with Crippen molar-refractivity contribution in [2.75, 3.05) is 30.3 Å². The van der Waals surface area contributed by atoms with Crippen molar-refractivity contribution in [1.29, 1.82) is 5.41 Å². The Morgan fingerprint density at radius 1 is 1.14 bits per heavy atom. The molecule has 1 saturated heterocycles. The Balaban J connectivity index is 1.39. The fourth-order valence-electron chi connectivity index (χ4n) is 4.60. The van der Waals surface area contributed by atoms with Gasteiger partial charge in [0.15, 0.2) is 5.65 Å². The second-order valence-corrected chi connectivity index (χ2v) is 10.0. The molecule has 1 aliphatic rings. The van der Waals surface area contributed by atoms with Gasteiger partial charge in [-0.1, -0.05) is 18.2 Å². The van der Waals surface area contributed by atoms with Gasteiger partial charge in [0.2, 0.25) is 5.91 Å². The van der Waals surface area contributed by atoms with Gasteiger partial charge in [-0.15, -0.1) is 0 Å². The molecule has 2 aromatic carbocycles. The van der Waals surface area contributed by atoms with E-state index in [1.54, 1.807) is 11.8 Å². The summed E-state index contributed by atoms with van der Waals surface area (Å²) in [6.07, 6.45) is 5.10. The van der Waals surface area contributed by atoms with Crippen LogP contribution in [0.3, 0.4) is 0 Å². The Morgan fingerprint density at radius 2 is 1.92 bits per heavy atom. The first-order valence-electron chi connectivity index (χ1n) is 12.3. The molecule has 1 fully saturated rings. The number of aromatic nitrogens is 4. The van der Waals surface area contributed by atoms with Crippen molar-refractivity contribution in [3.8, 4) is 22.8 Å². The minimum atomic E-state index is -0.00170.